The van der Waals surface area contributed by atoms with Crippen LogP contribution in [0, 0.1) is 0 Å². The van der Waals surface area contributed by atoms with Crippen molar-refractivity contribution in [3.05, 3.63) is 70.7 Å². The lowest BCUT2D eigenvalue weighted by Gasteiger charge is -2.17. The molecule has 0 aliphatic carbocycles. The van der Waals surface area contributed by atoms with Crippen LogP contribution < -0.4 is 0 Å². The maximum absolute atomic E-state index is 12.5. The summed E-state index contributed by atoms with van der Waals surface area (Å²) in [4.78, 5) is 18.6. The summed E-state index contributed by atoms with van der Waals surface area (Å²) in [5, 5.41) is 10.3. The number of aromatic nitrogens is 2. The SMILES string of the molecule is CN(Cc1ccc2ccccc2c1)C(=O)CCc1nc(-c2ccsc2)no1. The lowest BCUT2D eigenvalue weighted by molar-refractivity contribution is -0.130. The standard InChI is InChI=1S/C21H19N3O2S/c1-24(13-15-6-7-16-4-2-3-5-17(16)12-15)20(25)9-8-19-22-21(23-26-19)18-10-11-27-14-18/h2-7,10-12,14H,8-9,13H2,1H3. The quantitative estimate of drug-likeness (QED) is 0.495. The predicted octanol–water partition coefficient (Wildman–Crippen LogP) is 4.54. The molecule has 0 radical (unpaired) electrons. The van der Waals surface area contributed by atoms with Crippen LogP contribution in [0.25, 0.3) is 22.2 Å². The number of rotatable bonds is 6. The minimum absolute atomic E-state index is 0.0541. The molecule has 0 N–H and O–H groups in total. The highest BCUT2D eigenvalue weighted by atomic mass is 32.1. The number of fused-ring (bicyclic) bond motifs is 1. The number of thiophene rings is 1. The van der Waals surface area contributed by atoms with Gasteiger partial charge in [0.25, 0.3) is 0 Å². The second-order valence-corrected chi connectivity index (χ2v) is 7.24. The van der Waals surface area contributed by atoms with Crippen molar-refractivity contribution in [2.24, 2.45) is 0 Å². The van der Waals surface area contributed by atoms with Crippen molar-refractivity contribution in [1.82, 2.24) is 15.0 Å². The summed E-state index contributed by atoms with van der Waals surface area (Å²) >= 11 is 1.58. The van der Waals surface area contributed by atoms with Crippen molar-refractivity contribution in [3.8, 4) is 11.4 Å². The highest BCUT2D eigenvalue weighted by molar-refractivity contribution is 7.08. The molecule has 0 spiro atoms. The fraction of sp³-hybridized carbons (Fsp3) is 0.190. The number of carbonyl (C=O) groups excluding carboxylic acids is 1. The zero-order valence-electron chi connectivity index (χ0n) is 15.0. The van der Waals surface area contributed by atoms with Gasteiger partial charge in [-0.2, -0.15) is 16.3 Å². The Morgan fingerprint density at radius 1 is 1.15 bits per heavy atom. The highest BCUT2D eigenvalue weighted by Gasteiger charge is 2.14. The number of carbonyl (C=O) groups is 1. The molecule has 1 amide bonds. The molecule has 2 aromatic heterocycles. The number of nitrogens with zero attached hydrogens (tertiary/aromatic N) is 3. The molecule has 0 saturated heterocycles. The molecule has 4 aromatic rings. The monoisotopic (exact) mass is 377 g/mol. The van der Waals surface area contributed by atoms with E-state index in [2.05, 4.69) is 40.5 Å². The van der Waals surface area contributed by atoms with E-state index in [-0.39, 0.29) is 5.91 Å². The molecule has 0 fully saturated rings. The zero-order valence-corrected chi connectivity index (χ0v) is 15.8. The van der Waals surface area contributed by atoms with Crippen LogP contribution >= 0.6 is 11.3 Å². The maximum Gasteiger partial charge on any atom is 0.227 e. The molecular formula is C21H19N3O2S. The predicted molar refractivity (Wildman–Crippen MR) is 106 cm³/mol. The van der Waals surface area contributed by atoms with Gasteiger partial charge in [0, 0.05) is 37.4 Å². The molecule has 5 nitrogen and oxygen atoms in total. The molecule has 136 valence electrons. The smallest absolute Gasteiger partial charge is 0.227 e. The molecule has 0 aliphatic heterocycles. The van der Waals surface area contributed by atoms with Gasteiger partial charge < -0.3 is 9.42 Å². The van der Waals surface area contributed by atoms with Crippen molar-refractivity contribution < 1.29 is 9.32 Å². The Morgan fingerprint density at radius 2 is 2.00 bits per heavy atom. The van der Waals surface area contributed by atoms with Crippen molar-refractivity contribution in [3.63, 3.8) is 0 Å². The Bertz CT molecular complexity index is 1060. The molecule has 0 unspecified atom stereocenters. The first-order chi connectivity index (χ1) is 13.2. The largest absolute Gasteiger partial charge is 0.341 e. The van der Waals surface area contributed by atoms with Gasteiger partial charge >= 0.3 is 0 Å². The van der Waals surface area contributed by atoms with Gasteiger partial charge in [-0.05, 0) is 33.8 Å². The normalized spacial score (nSPS) is 11.0. The third-order valence-corrected chi connectivity index (χ3v) is 5.14. The van der Waals surface area contributed by atoms with Crippen LogP contribution in [-0.2, 0) is 17.8 Å². The zero-order chi connectivity index (χ0) is 18.6. The van der Waals surface area contributed by atoms with Crippen LogP contribution in [0.15, 0.2) is 63.8 Å². The van der Waals surface area contributed by atoms with E-state index in [1.807, 2.05) is 36.0 Å². The molecular weight excluding hydrogens is 358 g/mol. The van der Waals surface area contributed by atoms with Gasteiger partial charge in [-0.3, -0.25) is 4.79 Å². The Kier molecular flexibility index (Phi) is 4.98. The lowest BCUT2D eigenvalue weighted by atomic mass is 10.1. The van der Waals surface area contributed by atoms with Crippen LogP contribution in [0.1, 0.15) is 17.9 Å². The van der Waals surface area contributed by atoms with E-state index < -0.39 is 0 Å². The Balaban J connectivity index is 1.35. The second kappa shape index (κ2) is 7.72. The van der Waals surface area contributed by atoms with E-state index in [0.29, 0.717) is 31.1 Å². The summed E-state index contributed by atoms with van der Waals surface area (Å²) < 4.78 is 5.26. The van der Waals surface area contributed by atoms with Gasteiger partial charge in [-0.25, -0.2) is 0 Å². The number of amides is 1. The number of aryl methyl sites for hydroxylation is 1. The first-order valence-electron chi connectivity index (χ1n) is 8.76. The maximum atomic E-state index is 12.5. The van der Waals surface area contributed by atoms with Gasteiger partial charge in [0.1, 0.15) is 0 Å². The Hall–Kier alpha value is -2.99. The second-order valence-electron chi connectivity index (χ2n) is 6.46. The number of hydrogen-bond donors (Lipinski definition) is 0. The Morgan fingerprint density at radius 3 is 2.81 bits per heavy atom. The molecule has 2 aromatic carbocycles. The molecule has 0 aliphatic rings. The van der Waals surface area contributed by atoms with Crippen LogP contribution in [0.5, 0.6) is 0 Å². The van der Waals surface area contributed by atoms with Crippen molar-refractivity contribution in [2.75, 3.05) is 7.05 Å². The molecule has 4 rings (SSSR count). The summed E-state index contributed by atoms with van der Waals surface area (Å²) in [5.74, 6) is 1.12. The van der Waals surface area contributed by atoms with Gasteiger partial charge in [-0.15, -0.1) is 0 Å². The van der Waals surface area contributed by atoms with E-state index in [1.165, 1.54) is 10.8 Å². The summed E-state index contributed by atoms with van der Waals surface area (Å²) in [6.45, 7) is 0.577. The third-order valence-electron chi connectivity index (χ3n) is 4.46. The van der Waals surface area contributed by atoms with Crippen LogP contribution in [0.4, 0.5) is 0 Å². The van der Waals surface area contributed by atoms with Crippen molar-refractivity contribution in [1.29, 1.82) is 0 Å². The van der Waals surface area contributed by atoms with E-state index in [1.54, 1.807) is 16.2 Å². The van der Waals surface area contributed by atoms with Gasteiger partial charge in [-0.1, -0.05) is 41.6 Å². The minimum Gasteiger partial charge on any atom is -0.341 e. The fourth-order valence-electron chi connectivity index (χ4n) is 2.97. The van der Waals surface area contributed by atoms with E-state index in [9.17, 15) is 4.79 Å². The summed E-state index contributed by atoms with van der Waals surface area (Å²) in [6.07, 6.45) is 0.785. The Labute approximate surface area is 161 Å². The topological polar surface area (TPSA) is 59.2 Å². The average molecular weight is 377 g/mol. The van der Waals surface area contributed by atoms with Gasteiger partial charge in [0.2, 0.25) is 17.6 Å². The summed E-state index contributed by atoms with van der Waals surface area (Å²) in [7, 11) is 1.82. The van der Waals surface area contributed by atoms with Crippen molar-refractivity contribution in [2.45, 2.75) is 19.4 Å². The molecule has 0 bridgehead atoms. The van der Waals surface area contributed by atoms with Gasteiger partial charge in [0.05, 0.1) is 0 Å². The van der Waals surface area contributed by atoms with Crippen LogP contribution in [-0.4, -0.2) is 28.0 Å². The molecule has 0 saturated carbocycles. The summed E-state index contributed by atoms with van der Waals surface area (Å²) in [5.41, 5.74) is 2.05. The lowest BCUT2D eigenvalue weighted by Crippen LogP contribution is -2.26. The van der Waals surface area contributed by atoms with Gasteiger partial charge in [0.15, 0.2) is 0 Å². The first kappa shape index (κ1) is 17.4. The summed E-state index contributed by atoms with van der Waals surface area (Å²) in [6, 6.07) is 16.5. The molecule has 2 heterocycles. The number of benzene rings is 2. The molecule has 0 atom stereocenters. The van der Waals surface area contributed by atoms with E-state index in [0.717, 1.165) is 11.1 Å². The number of hydrogen-bond acceptors (Lipinski definition) is 5. The first-order valence-corrected chi connectivity index (χ1v) is 9.70. The van der Waals surface area contributed by atoms with Crippen molar-refractivity contribution >= 4 is 28.0 Å². The van der Waals surface area contributed by atoms with Crippen LogP contribution in [0.2, 0.25) is 0 Å². The third kappa shape index (κ3) is 4.06. The minimum atomic E-state index is 0.0541. The molecule has 6 heteroatoms. The van der Waals surface area contributed by atoms with Crippen LogP contribution in [0.3, 0.4) is 0 Å². The average Bonchev–Trinajstić information content (AvgIpc) is 3.37. The highest BCUT2D eigenvalue weighted by Crippen LogP contribution is 2.19. The van der Waals surface area contributed by atoms with E-state index >= 15 is 0 Å². The van der Waals surface area contributed by atoms with E-state index in [4.69, 9.17) is 4.52 Å². The molecule has 27 heavy (non-hydrogen) atoms. The fourth-order valence-corrected chi connectivity index (χ4v) is 3.60.